The summed E-state index contributed by atoms with van der Waals surface area (Å²) in [5.74, 6) is 0.128. The van der Waals surface area contributed by atoms with Gasteiger partial charge in [0.2, 0.25) is 0 Å². The van der Waals surface area contributed by atoms with Crippen molar-refractivity contribution < 1.29 is 9.72 Å². The molecule has 2 N–H and O–H groups in total. The average Bonchev–Trinajstić information content (AvgIpc) is 3.16. The van der Waals surface area contributed by atoms with E-state index in [9.17, 15) is 14.9 Å². The lowest BCUT2D eigenvalue weighted by Gasteiger charge is -1.98. The zero-order chi connectivity index (χ0) is 16.4. The summed E-state index contributed by atoms with van der Waals surface area (Å²) in [6, 6.07) is 11.5. The van der Waals surface area contributed by atoms with Crippen LogP contribution in [0.15, 0.2) is 42.5 Å². The fourth-order valence-electron chi connectivity index (χ4n) is 2.06. The van der Waals surface area contributed by atoms with Crippen LogP contribution in [-0.4, -0.2) is 21.0 Å². The Labute approximate surface area is 135 Å². The molecule has 7 nitrogen and oxygen atoms in total. The summed E-state index contributed by atoms with van der Waals surface area (Å²) in [5, 5.41) is 20.3. The van der Waals surface area contributed by atoms with Crippen molar-refractivity contribution in [1.82, 2.24) is 10.2 Å². The molecule has 3 rings (SSSR count). The fourth-order valence-corrected chi connectivity index (χ4v) is 2.82. The van der Waals surface area contributed by atoms with Crippen LogP contribution >= 0.6 is 11.3 Å². The molecule has 0 fully saturated rings. The Morgan fingerprint density at radius 3 is 2.83 bits per heavy atom. The zero-order valence-corrected chi connectivity index (χ0v) is 12.9. The molecule has 0 aliphatic carbocycles. The largest absolute Gasteiger partial charge is 0.304 e. The van der Waals surface area contributed by atoms with Crippen LogP contribution < -0.4 is 5.32 Å². The first-order chi connectivity index (χ1) is 11.0. The Hall–Kier alpha value is -3.00. The molecule has 0 saturated carbocycles. The molecule has 0 saturated heterocycles. The molecule has 3 aromatic rings. The number of nitrogens with zero attached hydrogens (tertiary/aromatic N) is 2. The van der Waals surface area contributed by atoms with E-state index in [2.05, 4.69) is 15.5 Å². The molecule has 116 valence electrons. The van der Waals surface area contributed by atoms with Gasteiger partial charge in [0.15, 0.2) is 5.82 Å². The van der Waals surface area contributed by atoms with Gasteiger partial charge in [-0.05, 0) is 19.1 Å². The van der Waals surface area contributed by atoms with E-state index in [0.717, 1.165) is 4.88 Å². The van der Waals surface area contributed by atoms with Crippen LogP contribution in [0.4, 0.5) is 11.5 Å². The highest BCUT2D eigenvalue weighted by atomic mass is 32.1. The lowest BCUT2D eigenvalue weighted by atomic mass is 10.1. The maximum Gasteiger partial charge on any atom is 0.270 e. The smallest absolute Gasteiger partial charge is 0.270 e. The quantitative estimate of drug-likeness (QED) is 0.564. The standard InChI is InChI=1S/C15H12N4O3S/c1-9-5-6-13(23-9)15(20)16-14-8-12(17-18-14)10-3-2-4-11(7-10)19(21)22/h2-8H,1H3,(H2,16,17,18,20). The summed E-state index contributed by atoms with van der Waals surface area (Å²) in [5.41, 5.74) is 1.21. The van der Waals surface area contributed by atoms with Crippen LogP contribution in [0, 0.1) is 17.0 Å². The first kappa shape index (κ1) is 14.9. The van der Waals surface area contributed by atoms with Crippen molar-refractivity contribution in [3.63, 3.8) is 0 Å². The topological polar surface area (TPSA) is 101 Å². The van der Waals surface area contributed by atoms with Crippen molar-refractivity contribution in [3.05, 3.63) is 62.3 Å². The number of anilines is 1. The highest BCUT2D eigenvalue weighted by Crippen LogP contribution is 2.24. The number of nitro benzene ring substituents is 1. The summed E-state index contributed by atoms with van der Waals surface area (Å²) < 4.78 is 0. The molecule has 2 heterocycles. The number of carbonyl (C=O) groups is 1. The molecular formula is C15H12N4O3S. The number of H-pyrrole nitrogens is 1. The van der Waals surface area contributed by atoms with E-state index < -0.39 is 4.92 Å². The SMILES string of the molecule is Cc1ccc(C(=O)Nc2cc(-c3cccc([N+](=O)[O-])c3)[nH]n2)s1. The van der Waals surface area contributed by atoms with Crippen LogP contribution in [-0.2, 0) is 0 Å². The van der Waals surface area contributed by atoms with Gasteiger partial charge >= 0.3 is 0 Å². The van der Waals surface area contributed by atoms with E-state index in [1.54, 1.807) is 24.3 Å². The van der Waals surface area contributed by atoms with Gasteiger partial charge < -0.3 is 5.32 Å². The number of hydrogen-bond donors (Lipinski definition) is 2. The minimum absolute atomic E-state index is 0.00301. The second-order valence-electron chi connectivity index (χ2n) is 4.84. The van der Waals surface area contributed by atoms with Crippen LogP contribution in [0.25, 0.3) is 11.3 Å². The Morgan fingerprint density at radius 1 is 1.30 bits per heavy atom. The number of aromatic amines is 1. The van der Waals surface area contributed by atoms with Gasteiger partial charge in [-0.2, -0.15) is 5.10 Å². The van der Waals surface area contributed by atoms with Gasteiger partial charge in [-0.3, -0.25) is 20.0 Å². The van der Waals surface area contributed by atoms with Crippen molar-refractivity contribution in [1.29, 1.82) is 0 Å². The number of nitro groups is 1. The Bertz CT molecular complexity index is 884. The zero-order valence-electron chi connectivity index (χ0n) is 12.1. The van der Waals surface area contributed by atoms with Gasteiger partial charge in [0.05, 0.1) is 15.5 Å². The maximum absolute atomic E-state index is 12.1. The second-order valence-corrected chi connectivity index (χ2v) is 6.13. The van der Waals surface area contributed by atoms with Gasteiger partial charge in [0, 0.05) is 28.6 Å². The maximum atomic E-state index is 12.1. The van der Waals surface area contributed by atoms with E-state index in [1.165, 1.54) is 23.5 Å². The fraction of sp³-hybridized carbons (Fsp3) is 0.0667. The van der Waals surface area contributed by atoms with Gasteiger partial charge in [0.1, 0.15) is 0 Å². The van der Waals surface area contributed by atoms with Gasteiger partial charge in [-0.15, -0.1) is 11.3 Å². The molecule has 0 spiro atoms. The molecular weight excluding hydrogens is 316 g/mol. The minimum Gasteiger partial charge on any atom is -0.304 e. The van der Waals surface area contributed by atoms with Gasteiger partial charge in [-0.1, -0.05) is 12.1 Å². The second kappa shape index (κ2) is 6.01. The minimum atomic E-state index is -0.457. The first-order valence-electron chi connectivity index (χ1n) is 6.71. The van der Waals surface area contributed by atoms with Gasteiger partial charge in [-0.25, -0.2) is 0 Å². The molecule has 8 heteroatoms. The number of thiophene rings is 1. The Kier molecular flexibility index (Phi) is 3.90. The normalized spacial score (nSPS) is 10.5. The predicted octanol–water partition coefficient (Wildman–Crippen LogP) is 3.61. The third-order valence-corrected chi connectivity index (χ3v) is 4.15. The monoisotopic (exact) mass is 328 g/mol. The highest BCUT2D eigenvalue weighted by Gasteiger charge is 2.12. The molecule has 0 unspecified atom stereocenters. The third kappa shape index (κ3) is 3.27. The lowest BCUT2D eigenvalue weighted by molar-refractivity contribution is -0.384. The molecule has 23 heavy (non-hydrogen) atoms. The van der Waals surface area contributed by atoms with Crippen molar-refractivity contribution in [3.8, 4) is 11.3 Å². The van der Waals surface area contributed by atoms with E-state index in [0.29, 0.717) is 22.0 Å². The molecule has 0 bridgehead atoms. The van der Waals surface area contributed by atoms with Gasteiger partial charge in [0.25, 0.3) is 11.6 Å². The molecule has 1 aromatic carbocycles. The summed E-state index contributed by atoms with van der Waals surface area (Å²) in [6.07, 6.45) is 0. The molecule has 1 amide bonds. The Morgan fingerprint density at radius 2 is 2.13 bits per heavy atom. The summed E-state index contributed by atoms with van der Waals surface area (Å²) >= 11 is 1.40. The number of non-ortho nitro benzene ring substituents is 1. The number of amides is 1. The average molecular weight is 328 g/mol. The molecule has 0 atom stereocenters. The summed E-state index contributed by atoms with van der Waals surface area (Å²) in [6.45, 7) is 1.93. The molecule has 0 radical (unpaired) electrons. The van der Waals surface area contributed by atoms with E-state index in [4.69, 9.17) is 0 Å². The predicted molar refractivity (Wildman–Crippen MR) is 87.7 cm³/mol. The van der Waals surface area contributed by atoms with Crippen LogP contribution in [0.2, 0.25) is 0 Å². The Balaban J connectivity index is 1.79. The van der Waals surface area contributed by atoms with Crippen molar-refractivity contribution in [2.75, 3.05) is 5.32 Å². The van der Waals surface area contributed by atoms with Crippen molar-refractivity contribution in [2.24, 2.45) is 0 Å². The van der Waals surface area contributed by atoms with E-state index >= 15 is 0 Å². The summed E-state index contributed by atoms with van der Waals surface area (Å²) in [4.78, 5) is 24.1. The molecule has 0 aliphatic heterocycles. The number of hydrogen-bond acceptors (Lipinski definition) is 5. The number of aryl methyl sites for hydroxylation is 1. The summed E-state index contributed by atoms with van der Waals surface area (Å²) in [7, 11) is 0. The molecule has 2 aromatic heterocycles. The first-order valence-corrected chi connectivity index (χ1v) is 7.52. The lowest BCUT2D eigenvalue weighted by Crippen LogP contribution is -2.10. The van der Waals surface area contributed by atoms with Crippen LogP contribution in [0.3, 0.4) is 0 Å². The van der Waals surface area contributed by atoms with E-state index in [-0.39, 0.29) is 11.6 Å². The number of benzene rings is 1. The number of carbonyl (C=O) groups excluding carboxylic acids is 1. The van der Waals surface area contributed by atoms with Crippen LogP contribution in [0.5, 0.6) is 0 Å². The van der Waals surface area contributed by atoms with Crippen LogP contribution in [0.1, 0.15) is 14.5 Å². The number of rotatable bonds is 4. The van der Waals surface area contributed by atoms with E-state index in [1.807, 2.05) is 13.0 Å². The number of nitrogens with one attached hydrogen (secondary N) is 2. The number of aromatic nitrogens is 2. The third-order valence-electron chi connectivity index (χ3n) is 3.15. The van der Waals surface area contributed by atoms with Crippen molar-refractivity contribution in [2.45, 2.75) is 6.92 Å². The van der Waals surface area contributed by atoms with Crippen molar-refractivity contribution >= 4 is 28.7 Å². The molecule has 0 aliphatic rings. The highest BCUT2D eigenvalue weighted by molar-refractivity contribution is 7.14.